The molecule has 0 aliphatic carbocycles. The molecule has 9 nitrogen and oxygen atoms in total. The summed E-state index contributed by atoms with van der Waals surface area (Å²) in [7, 11) is 0. The molecule has 10 rings (SSSR count). The number of nitrogens with zero attached hydrogens (tertiary/aromatic N) is 9. The fourth-order valence-electron chi connectivity index (χ4n) is 8.42. The van der Waals surface area contributed by atoms with Crippen LogP contribution >= 0.6 is 0 Å². The van der Waals surface area contributed by atoms with Gasteiger partial charge in [-0.3, -0.25) is 0 Å². The summed E-state index contributed by atoms with van der Waals surface area (Å²) in [6.07, 6.45) is 0. The van der Waals surface area contributed by atoms with Gasteiger partial charge >= 0.3 is 0 Å². The van der Waals surface area contributed by atoms with Gasteiger partial charge in [0, 0.05) is 38.2 Å². The summed E-state index contributed by atoms with van der Waals surface area (Å²) in [5.74, 6) is 4.01. The van der Waals surface area contributed by atoms with Crippen molar-refractivity contribution in [3.8, 4) is 51.3 Å². The molecule has 10 aromatic rings. The Morgan fingerprint density at radius 2 is 0.947 bits per heavy atom. The van der Waals surface area contributed by atoms with Crippen LogP contribution in [0.15, 0.2) is 121 Å². The van der Waals surface area contributed by atoms with Gasteiger partial charge in [0.15, 0.2) is 11.6 Å². The van der Waals surface area contributed by atoms with Crippen LogP contribution in [0.5, 0.6) is 0 Å². The molecule has 0 saturated carbocycles. The van der Waals surface area contributed by atoms with Crippen molar-refractivity contribution in [3.05, 3.63) is 156 Å². The molecule has 0 saturated heterocycles. The van der Waals surface area contributed by atoms with E-state index in [-0.39, 0.29) is 0 Å². The van der Waals surface area contributed by atoms with E-state index in [0.717, 1.165) is 82.8 Å². The maximum atomic E-state index is 10.00. The number of fused-ring (bicyclic) bond motifs is 6. The molecule has 6 aromatic carbocycles. The van der Waals surface area contributed by atoms with Crippen LogP contribution in [-0.2, 0) is 0 Å². The van der Waals surface area contributed by atoms with Gasteiger partial charge in [0.2, 0.25) is 0 Å². The second-order valence-electron chi connectivity index (χ2n) is 14.5. The number of para-hydroxylation sites is 2. The lowest BCUT2D eigenvalue weighted by atomic mass is 9.97. The number of hydrogen-bond acceptors (Lipinski definition) is 7. The van der Waals surface area contributed by atoms with E-state index in [0.29, 0.717) is 40.5 Å². The largest absolute Gasteiger partial charge is 0.309 e. The van der Waals surface area contributed by atoms with Crippen LogP contribution in [0.3, 0.4) is 0 Å². The van der Waals surface area contributed by atoms with E-state index in [1.165, 1.54) is 0 Å². The molecule has 57 heavy (non-hydrogen) atoms. The summed E-state index contributed by atoms with van der Waals surface area (Å²) in [4.78, 5) is 27.8. The van der Waals surface area contributed by atoms with Crippen molar-refractivity contribution in [3.63, 3.8) is 0 Å². The van der Waals surface area contributed by atoms with E-state index in [2.05, 4.69) is 135 Å². The van der Waals surface area contributed by atoms with Gasteiger partial charge in [-0.2, -0.15) is 5.26 Å². The number of benzene rings is 6. The predicted molar refractivity (Wildman–Crippen MR) is 227 cm³/mol. The average molecular weight is 738 g/mol. The monoisotopic (exact) mass is 737 g/mol. The zero-order valence-corrected chi connectivity index (χ0v) is 32.1. The molecule has 0 aliphatic heterocycles. The van der Waals surface area contributed by atoms with Crippen molar-refractivity contribution < 1.29 is 0 Å². The van der Waals surface area contributed by atoms with Gasteiger partial charge in [0.25, 0.3) is 0 Å². The van der Waals surface area contributed by atoms with Crippen LogP contribution in [0, 0.1) is 45.9 Å². The molecule has 4 heterocycles. The molecule has 0 amide bonds. The first kappa shape index (κ1) is 34.0. The number of hydrogen-bond donors (Lipinski definition) is 0. The van der Waals surface area contributed by atoms with E-state index in [9.17, 15) is 5.26 Å². The van der Waals surface area contributed by atoms with E-state index in [1.54, 1.807) is 0 Å². The zero-order valence-electron chi connectivity index (χ0n) is 32.1. The number of aryl methyl sites for hydroxylation is 4. The maximum Gasteiger partial charge on any atom is 0.163 e. The third-order valence-electron chi connectivity index (χ3n) is 10.8. The highest BCUT2D eigenvalue weighted by molar-refractivity contribution is 6.12. The third kappa shape index (κ3) is 5.53. The number of aromatic nitrogens is 8. The Bertz CT molecular complexity index is 3290. The van der Waals surface area contributed by atoms with Crippen LogP contribution in [0.25, 0.3) is 88.9 Å². The molecule has 0 unspecified atom stereocenters. The van der Waals surface area contributed by atoms with Crippen molar-refractivity contribution >= 4 is 43.6 Å². The highest BCUT2D eigenvalue weighted by Gasteiger charge is 2.23. The normalized spacial score (nSPS) is 11.6. The number of rotatable bonds is 5. The maximum absolute atomic E-state index is 10.00. The SMILES string of the molecule is Cc1nc(C)nc(-c2ccc3c4ccccc4n(-c4ccc(-c5cccc(C#N)c5)c(-n5c6ccccc6c6ccc(-c7nc(C)nc(C)n7)cc65)c4C)c3c2)n1. The van der Waals surface area contributed by atoms with Gasteiger partial charge in [0.1, 0.15) is 23.3 Å². The van der Waals surface area contributed by atoms with Crippen LogP contribution in [0.1, 0.15) is 34.4 Å². The van der Waals surface area contributed by atoms with E-state index in [4.69, 9.17) is 19.9 Å². The van der Waals surface area contributed by atoms with Crippen LogP contribution in [0.4, 0.5) is 0 Å². The van der Waals surface area contributed by atoms with Crippen molar-refractivity contribution in [2.45, 2.75) is 34.6 Å². The fourth-order valence-corrected chi connectivity index (χ4v) is 8.42. The molecule has 272 valence electrons. The first-order chi connectivity index (χ1) is 27.7. The zero-order chi connectivity index (χ0) is 38.9. The Balaban J connectivity index is 1.32. The van der Waals surface area contributed by atoms with Crippen molar-refractivity contribution in [1.29, 1.82) is 5.26 Å². The molecule has 0 atom stereocenters. The lowest BCUT2D eigenvalue weighted by molar-refractivity contribution is 0.928. The summed E-state index contributed by atoms with van der Waals surface area (Å²) in [5.41, 5.74) is 11.7. The molecule has 0 radical (unpaired) electrons. The summed E-state index contributed by atoms with van der Waals surface area (Å²) >= 11 is 0. The summed E-state index contributed by atoms with van der Waals surface area (Å²) < 4.78 is 4.73. The molecule has 0 fully saturated rings. The number of nitriles is 1. The summed E-state index contributed by atoms with van der Waals surface area (Å²) in [5, 5.41) is 14.5. The van der Waals surface area contributed by atoms with E-state index in [1.807, 2.05) is 45.9 Å². The van der Waals surface area contributed by atoms with Crippen LogP contribution in [-0.4, -0.2) is 39.0 Å². The Labute approximate surface area is 328 Å². The Morgan fingerprint density at radius 3 is 1.51 bits per heavy atom. The van der Waals surface area contributed by atoms with Crippen molar-refractivity contribution in [2.24, 2.45) is 0 Å². The van der Waals surface area contributed by atoms with Gasteiger partial charge in [-0.25, -0.2) is 29.9 Å². The smallest absolute Gasteiger partial charge is 0.163 e. The van der Waals surface area contributed by atoms with E-state index < -0.39 is 0 Å². The minimum Gasteiger partial charge on any atom is -0.309 e. The van der Waals surface area contributed by atoms with Crippen LogP contribution in [0.2, 0.25) is 0 Å². The van der Waals surface area contributed by atoms with Gasteiger partial charge in [-0.1, -0.05) is 78.9 Å². The summed E-state index contributed by atoms with van der Waals surface area (Å²) in [6, 6.07) is 44.6. The highest BCUT2D eigenvalue weighted by atomic mass is 15.0. The Hall–Kier alpha value is -7.57. The molecular weight excluding hydrogens is 703 g/mol. The summed E-state index contributed by atoms with van der Waals surface area (Å²) in [6.45, 7) is 9.79. The van der Waals surface area contributed by atoms with Gasteiger partial charge in [0.05, 0.1) is 45.1 Å². The molecular formula is C48H35N9. The fraction of sp³-hybridized carbons (Fsp3) is 0.104. The lowest BCUT2D eigenvalue weighted by Crippen LogP contribution is -2.06. The minimum absolute atomic E-state index is 0.601. The Morgan fingerprint density at radius 1 is 0.439 bits per heavy atom. The molecule has 0 spiro atoms. The van der Waals surface area contributed by atoms with Gasteiger partial charge in [-0.05, 0) is 88.2 Å². The van der Waals surface area contributed by atoms with Crippen LogP contribution < -0.4 is 0 Å². The molecule has 9 heteroatoms. The molecule has 0 bridgehead atoms. The Kier molecular flexibility index (Phi) is 7.76. The first-order valence-corrected chi connectivity index (χ1v) is 18.9. The first-order valence-electron chi connectivity index (χ1n) is 18.9. The van der Waals surface area contributed by atoms with Crippen molar-refractivity contribution in [1.82, 2.24) is 39.0 Å². The van der Waals surface area contributed by atoms with E-state index >= 15 is 0 Å². The predicted octanol–water partition coefficient (Wildman–Crippen LogP) is 10.7. The standard InChI is InChI=1S/C48H35N9/c1-27-41(56-42-15-8-6-13-37(42)39-19-17-34(24-44(39)56)47-52-28(2)50-29(3)53-47)22-21-36(33-12-10-11-32(23-33)26-49)46(27)57-43-16-9-7-14-38(43)40-20-18-35(25-45(40)57)48-54-30(4)51-31(5)55-48/h6-25H,1-5H3. The quantitative estimate of drug-likeness (QED) is 0.173. The third-order valence-corrected chi connectivity index (χ3v) is 10.8. The minimum atomic E-state index is 0.601. The van der Waals surface area contributed by atoms with Gasteiger partial charge in [-0.15, -0.1) is 0 Å². The molecule has 0 N–H and O–H groups in total. The second-order valence-corrected chi connectivity index (χ2v) is 14.5. The average Bonchev–Trinajstić information content (AvgIpc) is 3.72. The van der Waals surface area contributed by atoms with Crippen molar-refractivity contribution in [2.75, 3.05) is 0 Å². The topological polar surface area (TPSA) is 111 Å². The lowest BCUT2D eigenvalue weighted by Gasteiger charge is -2.21. The second kappa shape index (κ2) is 13.0. The highest BCUT2D eigenvalue weighted by Crippen LogP contribution is 2.43. The molecule has 0 aliphatic rings. The molecule has 4 aromatic heterocycles. The van der Waals surface area contributed by atoms with Gasteiger partial charge < -0.3 is 9.13 Å².